The van der Waals surface area contributed by atoms with Crippen LogP contribution in [-0.4, -0.2) is 78.6 Å². The third-order valence-corrected chi connectivity index (χ3v) is 7.95. The molecule has 3 N–H and O–H groups in total. The summed E-state index contributed by atoms with van der Waals surface area (Å²) < 4.78 is 21.8. The van der Waals surface area contributed by atoms with Crippen LogP contribution >= 0.6 is 0 Å². The summed E-state index contributed by atoms with van der Waals surface area (Å²) in [5.74, 6) is -0.528. The first kappa shape index (κ1) is 30.2. The van der Waals surface area contributed by atoms with Gasteiger partial charge in [-0.15, -0.1) is 0 Å². The predicted octanol–water partition coefficient (Wildman–Crippen LogP) is 4.45. The lowest BCUT2D eigenvalue weighted by Gasteiger charge is -2.40. The monoisotopic (exact) mass is 591 g/mol. The number of aromatic nitrogens is 3. The van der Waals surface area contributed by atoms with Crippen LogP contribution in [0.15, 0.2) is 36.7 Å². The summed E-state index contributed by atoms with van der Waals surface area (Å²) in [4.78, 5) is 32.6. The maximum Gasteiger partial charge on any atom is 0.410 e. The summed E-state index contributed by atoms with van der Waals surface area (Å²) >= 11 is 0. The standard InChI is InChI=1S/C31H38FN7O4/c1-30(2,3)43-29(41)38-20-6-7-21(38)12-19(11-20)37-24-13-25(26-9-8-22-10-18(14-33)15-36-39(22)26)34-16-23(24)28(40)35-17-27(32)31(4,5)42/h8-10,13,15-16,19-21,27,42H,6-7,11-12,17H2,1-5H3,(H,34,37)(H,35,40)/t19?,20-,21+,27-/m1/s1. The Hall–Kier alpha value is -4.24. The SMILES string of the molecule is CC(C)(C)OC(=O)N1[C@@H]2CC[C@H]1CC(Nc1cc(-c3ccc4cc(C#N)cnn34)ncc1C(=O)NC[C@@H](F)C(C)(C)O)C2. The minimum Gasteiger partial charge on any atom is -0.444 e. The Morgan fingerprint density at radius 3 is 2.49 bits per heavy atom. The average Bonchev–Trinajstić information content (AvgIpc) is 3.47. The fourth-order valence-corrected chi connectivity index (χ4v) is 5.80. The molecule has 0 saturated carbocycles. The molecule has 12 heteroatoms. The highest BCUT2D eigenvalue weighted by molar-refractivity contribution is 6.00. The van der Waals surface area contributed by atoms with E-state index in [1.807, 2.05) is 37.8 Å². The predicted molar refractivity (Wildman–Crippen MR) is 158 cm³/mol. The van der Waals surface area contributed by atoms with E-state index in [4.69, 9.17) is 4.74 Å². The molecular weight excluding hydrogens is 553 g/mol. The number of rotatable bonds is 7. The largest absolute Gasteiger partial charge is 0.444 e. The van der Waals surface area contributed by atoms with Gasteiger partial charge < -0.3 is 25.4 Å². The molecule has 1 unspecified atom stereocenters. The lowest BCUT2D eigenvalue weighted by Crippen LogP contribution is -2.51. The first-order valence-electron chi connectivity index (χ1n) is 14.5. The molecule has 0 aliphatic carbocycles. The third-order valence-electron chi connectivity index (χ3n) is 7.95. The minimum atomic E-state index is -1.66. The number of pyridine rings is 1. The zero-order valence-corrected chi connectivity index (χ0v) is 25.1. The maximum absolute atomic E-state index is 14.4. The summed E-state index contributed by atoms with van der Waals surface area (Å²) in [5.41, 5.74) is 0.924. The molecule has 2 aliphatic rings. The zero-order chi connectivity index (χ0) is 31.1. The number of aliphatic hydroxyl groups is 1. The summed E-state index contributed by atoms with van der Waals surface area (Å²) in [6.45, 7) is 7.90. The Morgan fingerprint density at radius 2 is 1.86 bits per heavy atom. The topological polar surface area (TPSA) is 145 Å². The number of amides is 2. The molecule has 2 aliphatic heterocycles. The van der Waals surface area contributed by atoms with Gasteiger partial charge in [-0.2, -0.15) is 10.4 Å². The highest BCUT2D eigenvalue weighted by atomic mass is 19.1. The van der Waals surface area contributed by atoms with E-state index in [2.05, 4.69) is 26.8 Å². The van der Waals surface area contributed by atoms with Crippen molar-refractivity contribution in [2.45, 2.75) is 95.8 Å². The van der Waals surface area contributed by atoms with Crippen LogP contribution in [0.2, 0.25) is 0 Å². The summed E-state index contributed by atoms with van der Waals surface area (Å²) in [7, 11) is 0. The number of alkyl halides is 1. The van der Waals surface area contributed by atoms with Gasteiger partial charge in [-0.3, -0.25) is 9.78 Å². The second-order valence-corrected chi connectivity index (χ2v) is 12.9. The van der Waals surface area contributed by atoms with Crippen LogP contribution in [0.5, 0.6) is 0 Å². The number of nitrogens with zero attached hydrogens (tertiary/aromatic N) is 5. The number of nitrogens with one attached hydrogen (secondary N) is 2. The molecule has 2 amide bonds. The molecule has 228 valence electrons. The lowest BCUT2D eigenvalue weighted by atomic mass is 9.97. The van der Waals surface area contributed by atoms with Gasteiger partial charge >= 0.3 is 6.09 Å². The van der Waals surface area contributed by atoms with E-state index in [9.17, 15) is 24.3 Å². The number of halogens is 1. The number of fused-ring (bicyclic) bond motifs is 3. The molecule has 11 nitrogen and oxygen atoms in total. The molecule has 3 aromatic rings. The molecule has 5 rings (SSSR count). The minimum absolute atomic E-state index is 0.0110. The molecule has 2 saturated heterocycles. The Morgan fingerprint density at radius 1 is 1.16 bits per heavy atom. The van der Waals surface area contributed by atoms with Crippen LogP contribution in [0.25, 0.3) is 16.9 Å². The number of hydrogen-bond acceptors (Lipinski definition) is 8. The molecule has 5 heterocycles. The van der Waals surface area contributed by atoms with Crippen molar-refractivity contribution in [1.82, 2.24) is 24.8 Å². The van der Waals surface area contributed by atoms with Crippen LogP contribution in [-0.2, 0) is 4.74 Å². The van der Waals surface area contributed by atoms with Gasteiger partial charge in [-0.05, 0) is 84.6 Å². The summed E-state index contributed by atoms with van der Waals surface area (Å²) in [5, 5.41) is 29.7. The number of anilines is 1. The van der Waals surface area contributed by atoms with Gasteiger partial charge in [0, 0.05) is 24.3 Å². The van der Waals surface area contributed by atoms with E-state index < -0.39 is 23.3 Å². The van der Waals surface area contributed by atoms with Crippen molar-refractivity contribution in [3.63, 3.8) is 0 Å². The molecule has 2 fully saturated rings. The van der Waals surface area contributed by atoms with Crippen LogP contribution < -0.4 is 10.6 Å². The van der Waals surface area contributed by atoms with E-state index in [1.54, 1.807) is 16.6 Å². The third kappa shape index (κ3) is 6.57. The van der Waals surface area contributed by atoms with E-state index in [-0.39, 0.29) is 36.3 Å². The van der Waals surface area contributed by atoms with Gasteiger partial charge in [0.1, 0.15) is 17.8 Å². The molecule has 3 aromatic heterocycles. The Labute approximate surface area is 250 Å². The van der Waals surface area contributed by atoms with E-state index in [1.165, 1.54) is 26.2 Å². The van der Waals surface area contributed by atoms with Gasteiger partial charge in [-0.25, -0.2) is 13.7 Å². The number of carbonyl (C=O) groups is 2. The number of ether oxygens (including phenoxy) is 1. The van der Waals surface area contributed by atoms with Gasteiger partial charge in [-0.1, -0.05) is 0 Å². The van der Waals surface area contributed by atoms with E-state index >= 15 is 0 Å². The maximum atomic E-state index is 14.4. The Bertz CT molecular complexity index is 1550. The number of piperidine rings is 1. The van der Waals surface area contributed by atoms with Crippen LogP contribution in [0.4, 0.5) is 14.9 Å². The molecule has 0 aromatic carbocycles. The number of nitriles is 1. The van der Waals surface area contributed by atoms with Crippen LogP contribution in [0, 0.1) is 11.3 Å². The number of carbonyl (C=O) groups excluding carboxylic acids is 2. The molecule has 4 atom stereocenters. The highest BCUT2D eigenvalue weighted by Gasteiger charge is 2.45. The first-order valence-corrected chi connectivity index (χ1v) is 14.5. The molecule has 0 radical (unpaired) electrons. The fraction of sp³-hybridized carbons (Fsp3) is 0.516. The number of hydrogen-bond donors (Lipinski definition) is 3. The molecular formula is C31H38FN7O4. The Balaban J connectivity index is 1.42. The molecule has 43 heavy (non-hydrogen) atoms. The van der Waals surface area contributed by atoms with Crippen molar-refractivity contribution in [3.05, 3.63) is 47.8 Å². The Kier molecular flexibility index (Phi) is 8.05. The molecule has 0 spiro atoms. The smallest absolute Gasteiger partial charge is 0.410 e. The van der Waals surface area contributed by atoms with Crippen molar-refractivity contribution in [2.24, 2.45) is 0 Å². The highest BCUT2D eigenvalue weighted by Crippen LogP contribution is 2.38. The van der Waals surface area contributed by atoms with Crippen LogP contribution in [0.1, 0.15) is 76.2 Å². The van der Waals surface area contributed by atoms with Crippen molar-refractivity contribution < 1.29 is 23.8 Å². The second kappa shape index (κ2) is 11.4. The van der Waals surface area contributed by atoms with Crippen LogP contribution in [0.3, 0.4) is 0 Å². The van der Waals surface area contributed by atoms with E-state index in [0.717, 1.165) is 18.4 Å². The second-order valence-electron chi connectivity index (χ2n) is 12.9. The average molecular weight is 592 g/mol. The normalized spacial score (nSPS) is 20.9. The quantitative estimate of drug-likeness (QED) is 0.366. The fourth-order valence-electron chi connectivity index (χ4n) is 5.80. The summed E-state index contributed by atoms with van der Waals surface area (Å²) in [6, 6.07) is 9.23. The lowest BCUT2D eigenvalue weighted by molar-refractivity contribution is -0.00180. The van der Waals surface area contributed by atoms with Crippen molar-refractivity contribution in [3.8, 4) is 17.5 Å². The van der Waals surface area contributed by atoms with Crippen molar-refractivity contribution >= 4 is 23.2 Å². The van der Waals surface area contributed by atoms with E-state index in [0.29, 0.717) is 35.5 Å². The zero-order valence-electron chi connectivity index (χ0n) is 25.1. The first-order chi connectivity index (χ1) is 20.2. The van der Waals surface area contributed by atoms with Gasteiger partial charge in [0.25, 0.3) is 5.91 Å². The molecule has 2 bridgehead atoms. The van der Waals surface area contributed by atoms with Gasteiger partial charge in [0.05, 0.1) is 52.1 Å². The van der Waals surface area contributed by atoms with Gasteiger partial charge in [0.2, 0.25) is 0 Å². The van der Waals surface area contributed by atoms with Crippen molar-refractivity contribution in [1.29, 1.82) is 5.26 Å². The van der Waals surface area contributed by atoms with Crippen molar-refractivity contribution in [2.75, 3.05) is 11.9 Å². The van der Waals surface area contributed by atoms with Gasteiger partial charge in [0.15, 0.2) is 0 Å². The summed E-state index contributed by atoms with van der Waals surface area (Å²) in [6.07, 6.45) is 4.04.